The van der Waals surface area contributed by atoms with Crippen LogP contribution in [0.5, 0.6) is 0 Å². The van der Waals surface area contributed by atoms with E-state index in [1.165, 1.54) is 6.26 Å². The van der Waals surface area contributed by atoms with Gasteiger partial charge < -0.3 is 11.1 Å². The third-order valence-corrected chi connectivity index (χ3v) is 3.11. The highest BCUT2D eigenvalue weighted by Gasteiger charge is 2.12. The topological polar surface area (TPSA) is 72.2 Å². The molecule has 0 aliphatic carbocycles. The van der Waals surface area contributed by atoms with E-state index in [-0.39, 0.29) is 5.25 Å². The molecule has 5 heteroatoms. The number of rotatable bonds is 5. The summed E-state index contributed by atoms with van der Waals surface area (Å²) in [7, 11) is -2.89. The van der Waals surface area contributed by atoms with E-state index in [0.717, 1.165) is 0 Å². The van der Waals surface area contributed by atoms with Crippen LogP contribution >= 0.6 is 0 Å². The lowest BCUT2D eigenvalue weighted by Gasteiger charge is -2.09. The molecule has 0 saturated carbocycles. The van der Waals surface area contributed by atoms with E-state index in [4.69, 9.17) is 5.73 Å². The predicted octanol–water partition coefficient (Wildman–Crippen LogP) is -1.03. The van der Waals surface area contributed by atoms with E-state index in [2.05, 4.69) is 5.32 Å². The van der Waals surface area contributed by atoms with Gasteiger partial charge in [-0.1, -0.05) is 0 Å². The Hall–Kier alpha value is -0.130. The number of hydrogen-bond acceptors (Lipinski definition) is 4. The molecule has 11 heavy (non-hydrogen) atoms. The lowest BCUT2D eigenvalue weighted by atomic mass is 10.4. The largest absolute Gasteiger partial charge is 0.329 e. The van der Waals surface area contributed by atoms with Gasteiger partial charge in [0.1, 0.15) is 0 Å². The first kappa shape index (κ1) is 10.9. The van der Waals surface area contributed by atoms with Crippen LogP contribution in [0, 0.1) is 0 Å². The maximum Gasteiger partial charge on any atom is 0.151 e. The average molecular weight is 180 g/mol. The second-order valence-corrected chi connectivity index (χ2v) is 5.10. The van der Waals surface area contributed by atoms with Gasteiger partial charge in [0, 0.05) is 25.9 Å². The Bertz CT molecular complexity index is 189. The van der Waals surface area contributed by atoms with Gasteiger partial charge in [-0.05, 0) is 6.92 Å². The van der Waals surface area contributed by atoms with Gasteiger partial charge in [-0.2, -0.15) is 0 Å². The van der Waals surface area contributed by atoms with Crippen molar-refractivity contribution in [2.45, 2.75) is 12.2 Å². The first-order chi connectivity index (χ1) is 4.98. The molecule has 3 N–H and O–H groups in total. The van der Waals surface area contributed by atoms with Crippen molar-refractivity contribution in [3.05, 3.63) is 0 Å². The molecule has 0 aromatic carbocycles. The zero-order valence-electron chi connectivity index (χ0n) is 7.00. The summed E-state index contributed by atoms with van der Waals surface area (Å²) in [5.41, 5.74) is 5.21. The van der Waals surface area contributed by atoms with Crippen LogP contribution in [0.2, 0.25) is 0 Å². The molecule has 0 saturated heterocycles. The van der Waals surface area contributed by atoms with Crippen LogP contribution in [-0.2, 0) is 9.84 Å². The highest BCUT2D eigenvalue weighted by atomic mass is 32.2. The summed E-state index contributed by atoms with van der Waals surface area (Å²) in [5, 5.41) is 2.61. The summed E-state index contributed by atoms with van der Waals surface area (Å²) >= 11 is 0. The summed E-state index contributed by atoms with van der Waals surface area (Å²) in [6, 6.07) is 0. The molecule has 68 valence electrons. The van der Waals surface area contributed by atoms with E-state index in [1.54, 1.807) is 6.92 Å². The van der Waals surface area contributed by atoms with Crippen molar-refractivity contribution in [2.24, 2.45) is 5.73 Å². The van der Waals surface area contributed by atoms with Crippen molar-refractivity contribution in [3.8, 4) is 0 Å². The Morgan fingerprint density at radius 2 is 2.09 bits per heavy atom. The van der Waals surface area contributed by atoms with Gasteiger partial charge in [0.05, 0.1) is 5.25 Å². The van der Waals surface area contributed by atoms with Crippen molar-refractivity contribution in [1.29, 1.82) is 0 Å². The zero-order chi connectivity index (χ0) is 8.91. The second kappa shape index (κ2) is 4.69. The van der Waals surface area contributed by atoms with Gasteiger partial charge in [0.2, 0.25) is 0 Å². The van der Waals surface area contributed by atoms with Crippen LogP contribution in [-0.4, -0.2) is 39.6 Å². The van der Waals surface area contributed by atoms with E-state index < -0.39 is 9.84 Å². The van der Waals surface area contributed by atoms with Crippen LogP contribution < -0.4 is 11.1 Å². The van der Waals surface area contributed by atoms with Crippen molar-refractivity contribution in [1.82, 2.24) is 5.32 Å². The van der Waals surface area contributed by atoms with Crippen LogP contribution in [0.25, 0.3) is 0 Å². The molecule has 0 radical (unpaired) electrons. The summed E-state index contributed by atoms with van der Waals surface area (Å²) in [5.74, 6) is 0. The number of sulfone groups is 1. The van der Waals surface area contributed by atoms with Crippen LogP contribution in [0.4, 0.5) is 0 Å². The molecule has 1 atom stereocenters. The molecule has 0 fully saturated rings. The number of nitrogens with one attached hydrogen (secondary N) is 1. The third-order valence-electron chi connectivity index (χ3n) is 1.48. The fourth-order valence-electron chi connectivity index (χ4n) is 0.559. The Labute approximate surface area is 68.1 Å². The minimum absolute atomic E-state index is 0.325. The van der Waals surface area contributed by atoms with Crippen LogP contribution in [0.1, 0.15) is 6.92 Å². The molecular formula is C6H16N2O2S. The summed E-state index contributed by atoms with van der Waals surface area (Å²) in [6.45, 7) is 3.37. The van der Waals surface area contributed by atoms with Crippen molar-refractivity contribution < 1.29 is 8.42 Å². The minimum atomic E-state index is -2.89. The Morgan fingerprint density at radius 3 is 2.45 bits per heavy atom. The van der Waals surface area contributed by atoms with Gasteiger partial charge >= 0.3 is 0 Å². The maximum absolute atomic E-state index is 10.9. The summed E-state index contributed by atoms with van der Waals surface area (Å²) < 4.78 is 21.7. The molecule has 0 aliphatic heterocycles. The molecule has 0 spiro atoms. The van der Waals surface area contributed by atoms with Gasteiger partial charge in [-0.3, -0.25) is 0 Å². The molecule has 0 rings (SSSR count). The summed E-state index contributed by atoms with van der Waals surface area (Å²) in [4.78, 5) is 0. The van der Waals surface area contributed by atoms with E-state index in [9.17, 15) is 8.42 Å². The van der Waals surface area contributed by atoms with Gasteiger partial charge in [-0.25, -0.2) is 8.42 Å². The first-order valence-corrected chi connectivity index (χ1v) is 5.53. The Kier molecular flexibility index (Phi) is 4.63. The number of hydrogen-bond donors (Lipinski definition) is 2. The molecule has 0 aromatic rings. The first-order valence-electron chi connectivity index (χ1n) is 3.58. The van der Waals surface area contributed by atoms with Gasteiger partial charge in [-0.15, -0.1) is 0 Å². The monoisotopic (exact) mass is 180 g/mol. The second-order valence-electron chi connectivity index (χ2n) is 2.63. The smallest absolute Gasteiger partial charge is 0.151 e. The molecule has 4 nitrogen and oxygen atoms in total. The zero-order valence-corrected chi connectivity index (χ0v) is 7.82. The SMILES string of the molecule is CC(CNCCN)S(C)(=O)=O. The van der Waals surface area contributed by atoms with Crippen molar-refractivity contribution >= 4 is 9.84 Å². The molecule has 0 heterocycles. The van der Waals surface area contributed by atoms with Crippen molar-refractivity contribution in [3.63, 3.8) is 0 Å². The van der Waals surface area contributed by atoms with Gasteiger partial charge in [0.25, 0.3) is 0 Å². The third kappa shape index (κ3) is 5.17. The van der Waals surface area contributed by atoms with Crippen molar-refractivity contribution in [2.75, 3.05) is 25.9 Å². The lowest BCUT2D eigenvalue weighted by molar-refractivity contribution is 0.578. The van der Waals surface area contributed by atoms with Gasteiger partial charge in [0.15, 0.2) is 9.84 Å². The minimum Gasteiger partial charge on any atom is -0.329 e. The quantitative estimate of drug-likeness (QED) is 0.531. The standard InChI is InChI=1S/C6H16N2O2S/c1-6(11(2,9)10)5-8-4-3-7/h6,8H,3-5,7H2,1-2H3. The highest BCUT2D eigenvalue weighted by Crippen LogP contribution is 1.94. The predicted molar refractivity (Wildman–Crippen MR) is 46.2 cm³/mol. The Morgan fingerprint density at radius 1 is 1.55 bits per heavy atom. The lowest BCUT2D eigenvalue weighted by Crippen LogP contribution is -2.33. The molecule has 0 amide bonds. The normalized spacial score (nSPS) is 14.8. The fraction of sp³-hybridized carbons (Fsp3) is 1.00. The van der Waals surface area contributed by atoms with Crippen LogP contribution in [0.15, 0.2) is 0 Å². The van der Waals surface area contributed by atoms with Crippen LogP contribution in [0.3, 0.4) is 0 Å². The molecule has 0 aliphatic rings. The molecule has 1 unspecified atom stereocenters. The highest BCUT2D eigenvalue weighted by molar-refractivity contribution is 7.91. The molecule has 0 aromatic heterocycles. The summed E-state index contributed by atoms with van der Waals surface area (Å²) in [6.07, 6.45) is 1.24. The maximum atomic E-state index is 10.9. The molecule has 0 bridgehead atoms. The Balaban J connectivity index is 3.62. The molecular weight excluding hydrogens is 164 g/mol. The number of nitrogens with two attached hydrogens (primary N) is 1. The van der Waals surface area contributed by atoms with E-state index in [0.29, 0.717) is 19.6 Å². The average Bonchev–Trinajstić information content (AvgIpc) is 1.86. The van der Waals surface area contributed by atoms with E-state index in [1.807, 2.05) is 0 Å². The fourth-order valence-corrected chi connectivity index (χ4v) is 0.979. The van der Waals surface area contributed by atoms with E-state index >= 15 is 0 Å².